The number of hydrogen-bond acceptors (Lipinski definition) is 4. The summed E-state index contributed by atoms with van der Waals surface area (Å²) in [6.45, 7) is 1.50. The molecule has 8 heteroatoms. The first-order chi connectivity index (χ1) is 13.7. The van der Waals surface area contributed by atoms with E-state index in [1.165, 1.54) is 12.1 Å². The number of carbonyl (C=O) groups is 2. The summed E-state index contributed by atoms with van der Waals surface area (Å²) in [5.74, 6) is 0.347. The topological polar surface area (TPSA) is 64.6 Å². The zero-order valence-electron chi connectivity index (χ0n) is 15.9. The van der Waals surface area contributed by atoms with Gasteiger partial charge in [0.15, 0.2) is 6.61 Å². The summed E-state index contributed by atoms with van der Waals surface area (Å²) in [5.41, 5.74) is 0.212. The maximum atomic E-state index is 12.6. The lowest BCUT2D eigenvalue weighted by molar-refractivity contribution is -0.137. The van der Waals surface area contributed by atoms with Crippen LogP contribution >= 0.6 is 0 Å². The van der Waals surface area contributed by atoms with E-state index in [-0.39, 0.29) is 37.2 Å². The van der Waals surface area contributed by atoms with Crippen molar-refractivity contribution < 1.29 is 32.2 Å². The molecule has 1 N–H and O–H groups in total. The molecule has 0 heterocycles. The summed E-state index contributed by atoms with van der Waals surface area (Å²) in [7, 11) is 0. The first-order valence-corrected chi connectivity index (χ1v) is 9.02. The fourth-order valence-electron chi connectivity index (χ4n) is 2.39. The number of rotatable bonds is 10. The lowest BCUT2D eigenvalue weighted by Gasteiger charge is -2.11. The van der Waals surface area contributed by atoms with Gasteiger partial charge in [-0.1, -0.05) is 18.2 Å². The highest BCUT2D eigenvalue weighted by atomic mass is 19.4. The molecule has 156 valence electrons. The molecule has 0 aliphatic heterocycles. The summed E-state index contributed by atoms with van der Waals surface area (Å²) in [5, 5.41) is 2.56. The van der Waals surface area contributed by atoms with Crippen LogP contribution in [0, 0.1) is 0 Å². The predicted octanol–water partition coefficient (Wildman–Crippen LogP) is 3.80. The van der Waals surface area contributed by atoms with E-state index in [0.717, 1.165) is 17.7 Å². The number of nitrogens with one attached hydrogen (secondary N) is 1. The van der Waals surface area contributed by atoms with E-state index in [0.29, 0.717) is 18.6 Å². The van der Waals surface area contributed by atoms with Gasteiger partial charge < -0.3 is 19.6 Å². The molecular formula is C21H22F3NO4. The minimum absolute atomic E-state index is 0.0257. The van der Waals surface area contributed by atoms with Crippen LogP contribution in [0.15, 0.2) is 48.5 Å². The molecule has 0 aromatic heterocycles. The van der Waals surface area contributed by atoms with Gasteiger partial charge in [0, 0.05) is 6.42 Å². The molecule has 0 atom stereocenters. The van der Waals surface area contributed by atoms with Crippen LogP contribution in [0.25, 0.3) is 0 Å². The zero-order chi connectivity index (χ0) is 21.3. The maximum absolute atomic E-state index is 12.6. The van der Waals surface area contributed by atoms with Crippen LogP contribution in [0.2, 0.25) is 0 Å². The number of ketones is 1. The summed E-state index contributed by atoms with van der Waals surface area (Å²) in [4.78, 5) is 22.8. The Labute approximate surface area is 166 Å². The minimum Gasteiger partial charge on any atom is -0.492 e. The first kappa shape index (κ1) is 22.3. The third-order valence-corrected chi connectivity index (χ3v) is 3.91. The van der Waals surface area contributed by atoms with Crippen molar-refractivity contribution in [2.75, 3.05) is 19.8 Å². The summed E-state index contributed by atoms with van der Waals surface area (Å²) < 4.78 is 48.5. The van der Waals surface area contributed by atoms with Crippen LogP contribution in [-0.2, 0) is 22.2 Å². The van der Waals surface area contributed by atoms with E-state index < -0.39 is 11.7 Å². The molecule has 2 aromatic carbocycles. The lowest BCUT2D eigenvalue weighted by atomic mass is 10.1. The van der Waals surface area contributed by atoms with Crippen molar-refractivity contribution in [3.63, 3.8) is 0 Å². The molecule has 1 amide bonds. The van der Waals surface area contributed by atoms with Crippen molar-refractivity contribution in [2.45, 2.75) is 25.9 Å². The van der Waals surface area contributed by atoms with E-state index in [4.69, 9.17) is 9.47 Å². The Morgan fingerprint density at radius 3 is 2.38 bits per heavy atom. The summed E-state index contributed by atoms with van der Waals surface area (Å²) in [6.07, 6.45) is -3.30. The molecule has 0 saturated carbocycles. The normalized spacial score (nSPS) is 11.0. The zero-order valence-corrected chi connectivity index (χ0v) is 15.9. The van der Waals surface area contributed by atoms with E-state index in [1.807, 2.05) is 12.1 Å². The predicted molar refractivity (Wildman–Crippen MR) is 101 cm³/mol. The highest BCUT2D eigenvalue weighted by Gasteiger charge is 2.30. The van der Waals surface area contributed by atoms with Gasteiger partial charge in [-0.05, 0) is 49.2 Å². The van der Waals surface area contributed by atoms with Crippen molar-refractivity contribution in [1.29, 1.82) is 0 Å². The van der Waals surface area contributed by atoms with Gasteiger partial charge in [-0.25, -0.2) is 0 Å². The van der Waals surface area contributed by atoms with Gasteiger partial charge in [-0.3, -0.25) is 4.79 Å². The molecule has 0 fully saturated rings. The molecule has 0 spiro atoms. The van der Waals surface area contributed by atoms with E-state index in [2.05, 4.69) is 5.32 Å². The van der Waals surface area contributed by atoms with Gasteiger partial charge in [0.2, 0.25) is 0 Å². The molecule has 2 rings (SSSR count). The molecule has 0 aliphatic carbocycles. The Morgan fingerprint density at radius 2 is 1.72 bits per heavy atom. The van der Waals surface area contributed by atoms with E-state index in [1.54, 1.807) is 19.1 Å². The van der Waals surface area contributed by atoms with Crippen LogP contribution in [0.4, 0.5) is 13.2 Å². The number of benzene rings is 2. The Hall–Kier alpha value is -3.03. The second-order valence-corrected chi connectivity index (χ2v) is 6.36. The van der Waals surface area contributed by atoms with Crippen molar-refractivity contribution in [3.8, 4) is 11.5 Å². The fourth-order valence-corrected chi connectivity index (χ4v) is 2.39. The van der Waals surface area contributed by atoms with Gasteiger partial charge in [0.1, 0.15) is 23.9 Å². The third-order valence-electron chi connectivity index (χ3n) is 3.91. The van der Waals surface area contributed by atoms with Crippen LogP contribution in [0.5, 0.6) is 11.5 Å². The minimum atomic E-state index is -4.43. The monoisotopic (exact) mass is 409 g/mol. The second kappa shape index (κ2) is 10.5. The number of Topliss-reactive ketones (excluding diaryl/α,β-unsaturated/α-hetero) is 1. The van der Waals surface area contributed by atoms with Gasteiger partial charge >= 0.3 is 6.18 Å². The Balaban J connectivity index is 1.67. The number of alkyl halides is 3. The molecule has 0 aliphatic rings. The fraction of sp³-hybridized carbons (Fsp3) is 0.333. The van der Waals surface area contributed by atoms with E-state index >= 15 is 0 Å². The Morgan fingerprint density at radius 1 is 1.00 bits per heavy atom. The number of ether oxygens (including phenoxy) is 2. The van der Waals surface area contributed by atoms with Crippen molar-refractivity contribution in [1.82, 2.24) is 5.32 Å². The van der Waals surface area contributed by atoms with Crippen molar-refractivity contribution >= 4 is 11.7 Å². The average Bonchev–Trinajstić information content (AvgIpc) is 2.68. The number of amides is 1. The van der Waals surface area contributed by atoms with Crippen LogP contribution in [0.3, 0.4) is 0 Å². The molecular weight excluding hydrogens is 387 g/mol. The molecule has 0 radical (unpaired) electrons. The van der Waals surface area contributed by atoms with Gasteiger partial charge in [-0.2, -0.15) is 13.2 Å². The van der Waals surface area contributed by atoms with Crippen molar-refractivity contribution in [3.05, 3.63) is 59.7 Å². The molecule has 29 heavy (non-hydrogen) atoms. The highest BCUT2D eigenvalue weighted by Crippen LogP contribution is 2.31. The smallest absolute Gasteiger partial charge is 0.416 e. The standard InChI is InChI=1S/C21H22F3NO4/c1-15(26)5-6-16-7-9-18(10-8-16)29-14-20(27)25-11-12-28-19-4-2-3-17(13-19)21(22,23)24/h2-4,7-10,13H,5-6,11-12,14H2,1H3,(H,25,27). The summed E-state index contributed by atoms with van der Waals surface area (Å²) >= 11 is 0. The molecule has 0 saturated heterocycles. The average molecular weight is 409 g/mol. The number of aryl methyl sites for hydroxylation is 1. The lowest BCUT2D eigenvalue weighted by Crippen LogP contribution is -2.32. The summed E-state index contributed by atoms with van der Waals surface area (Å²) in [6, 6.07) is 11.7. The first-order valence-electron chi connectivity index (χ1n) is 9.02. The van der Waals surface area contributed by atoms with Crippen LogP contribution in [0.1, 0.15) is 24.5 Å². The molecule has 0 bridgehead atoms. The molecule has 0 unspecified atom stereocenters. The molecule has 5 nitrogen and oxygen atoms in total. The van der Waals surface area contributed by atoms with Crippen molar-refractivity contribution in [2.24, 2.45) is 0 Å². The van der Waals surface area contributed by atoms with Gasteiger partial charge in [0.05, 0.1) is 12.1 Å². The Bertz CT molecular complexity index is 819. The number of hydrogen-bond donors (Lipinski definition) is 1. The van der Waals surface area contributed by atoms with Crippen LogP contribution in [-0.4, -0.2) is 31.4 Å². The third kappa shape index (κ3) is 8.25. The van der Waals surface area contributed by atoms with Crippen LogP contribution < -0.4 is 14.8 Å². The quantitative estimate of drug-likeness (QED) is 0.607. The second-order valence-electron chi connectivity index (χ2n) is 6.36. The largest absolute Gasteiger partial charge is 0.492 e. The highest BCUT2D eigenvalue weighted by molar-refractivity contribution is 5.77. The van der Waals surface area contributed by atoms with Gasteiger partial charge in [0.25, 0.3) is 5.91 Å². The number of halogens is 3. The van der Waals surface area contributed by atoms with E-state index in [9.17, 15) is 22.8 Å². The molecule has 2 aromatic rings. The number of carbonyl (C=O) groups excluding carboxylic acids is 2. The maximum Gasteiger partial charge on any atom is 0.416 e. The SMILES string of the molecule is CC(=O)CCc1ccc(OCC(=O)NCCOc2cccc(C(F)(F)F)c2)cc1. The Kier molecular flexibility index (Phi) is 8.06. The van der Waals surface area contributed by atoms with Gasteiger partial charge in [-0.15, -0.1) is 0 Å².